The summed E-state index contributed by atoms with van der Waals surface area (Å²) in [5.41, 5.74) is 1.51. The number of ether oxygens (including phenoxy) is 1. The highest BCUT2D eigenvalue weighted by Gasteiger charge is 2.45. The predicted molar refractivity (Wildman–Crippen MR) is 105 cm³/mol. The second kappa shape index (κ2) is 7.48. The van der Waals surface area contributed by atoms with E-state index in [1.807, 2.05) is 36.4 Å². The zero-order valence-electron chi connectivity index (χ0n) is 15.1. The van der Waals surface area contributed by atoms with Crippen LogP contribution in [0.15, 0.2) is 53.0 Å². The van der Waals surface area contributed by atoms with Crippen LogP contribution in [0.3, 0.4) is 0 Å². The third kappa shape index (κ3) is 3.76. The van der Waals surface area contributed by atoms with E-state index in [1.165, 1.54) is 5.56 Å². The molecule has 134 valence electrons. The average molecular weight is 404 g/mol. The van der Waals surface area contributed by atoms with Crippen molar-refractivity contribution in [1.82, 2.24) is 4.90 Å². The highest BCUT2D eigenvalue weighted by atomic mass is 79.9. The molecule has 0 amide bonds. The highest BCUT2D eigenvalue weighted by molar-refractivity contribution is 9.10. The summed E-state index contributed by atoms with van der Waals surface area (Å²) in [6, 6.07) is 16.3. The van der Waals surface area contributed by atoms with Crippen LogP contribution >= 0.6 is 15.9 Å². The van der Waals surface area contributed by atoms with Crippen molar-refractivity contribution in [3.63, 3.8) is 0 Å². The van der Waals surface area contributed by atoms with Crippen LogP contribution in [0, 0.1) is 11.8 Å². The molecular weight excluding hydrogens is 378 g/mol. The van der Waals surface area contributed by atoms with E-state index < -0.39 is 5.60 Å². The van der Waals surface area contributed by atoms with E-state index in [0.717, 1.165) is 35.4 Å². The Hall–Kier alpha value is -1.36. The van der Waals surface area contributed by atoms with Crippen molar-refractivity contribution in [2.75, 3.05) is 20.2 Å². The van der Waals surface area contributed by atoms with E-state index >= 15 is 0 Å². The number of aliphatic hydroxyl groups is 1. The number of benzene rings is 2. The van der Waals surface area contributed by atoms with Gasteiger partial charge in [0.1, 0.15) is 5.75 Å². The standard InChI is InChI=1S/C21H26BrNO2/c1-15-12-23(14-17-4-10-20(25-3)11-5-17)13-16(2)21(15,24)18-6-8-19(22)9-7-18/h4-11,15-16,24H,12-14H2,1-3H3/t15-,16+,21+. The molecule has 4 heteroatoms. The molecule has 0 aromatic heterocycles. The van der Waals surface area contributed by atoms with Crippen molar-refractivity contribution >= 4 is 15.9 Å². The molecule has 1 aliphatic heterocycles. The molecule has 0 aliphatic carbocycles. The lowest BCUT2D eigenvalue weighted by molar-refractivity contribution is -0.114. The van der Waals surface area contributed by atoms with Gasteiger partial charge in [-0.05, 0) is 35.4 Å². The van der Waals surface area contributed by atoms with Crippen molar-refractivity contribution in [1.29, 1.82) is 0 Å². The Kier molecular flexibility index (Phi) is 5.52. The number of halogens is 1. The van der Waals surface area contributed by atoms with E-state index in [4.69, 9.17) is 4.74 Å². The summed E-state index contributed by atoms with van der Waals surface area (Å²) < 4.78 is 6.27. The maximum absolute atomic E-state index is 11.5. The van der Waals surface area contributed by atoms with Gasteiger partial charge in [0, 0.05) is 35.9 Å². The minimum absolute atomic E-state index is 0.163. The van der Waals surface area contributed by atoms with E-state index in [0.29, 0.717) is 0 Å². The maximum atomic E-state index is 11.5. The Bertz CT molecular complexity index is 687. The molecule has 0 radical (unpaired) electrons. The summed E-state index contributed by atoms with van der Waals surface area (Å²) in [4.78, 5) is 2.43. The molecule has 0 unspecified atom stereocenters. The monoisotopic (exact) mass is 403 g/mol. The van der Waals surface area contributed by atoms with Crippen molar-refractivity contribution in [2.45, 2.75) is 26.0 Å². The number of piperidine rings is 1. The van der Waals surface area contributed by atoms with Crippen LogP contribution in [0.1, 0.15) is 25.0 Å². The molecule has 0 saturated carbocycles. The van der Waals surface area contributed by atoms with Gasteiger partial charge in [-0.1, -0.05) is 54.0 Å². The van der Waals surface area contributed by atoms with Gasteiger partial charge in [0.25, 0.3) is 0 Å². The van der Waals surface area contributed by atoms with Gasteiger partial charge in [0.2, 0.25) is 0 Å². The summed E-state index contributed by atoms with van der Waals surface area (Å²) >= 11 is 3.48. The van der Waals surface area contributed by atoms with Gasteiger partial charge in [0.05, 0.1) is 12.7 Å². The van der Waals surface area contributed by atoms with E-state index in [-0.39, 0.29) is 11.8 Å². The molecular formula is C21H26BrNO2. The van der Waals surface area contributed by atoms with Gasteiger partial charge >= 0.3 is 0 Å². The molecule has 2 aromatic rings. The van der Waals surface area contributed by atoms with Gasteiger partial charge in [-0.2, -0.15) is 0 Å². The topological polar surface area (TPSA) is 32.7 Å². The fraction of sp³-hybridized carbons (Fsp3) is 0.429. The summed E-state index contributed by atoms with van der Waals surface area (Å²) in [5, 5.41) is 11.5. The van der Waals surface area contributed by atoms with Crippen LogP contribution in [0.4, 0.5) is 0 Å². The predicted octanol–water partition coefficient (Wildman–Crippen LogP) is 4.43. The SMILES string of the molecule is COc1ccc(CN2C[C@@H](C)[C@@](O)(c3ccc(Br)cc3)[C@@H](C)C2)cc1. The second-order valence-electron chi connectivity index (χ2n) is 7.18. The van der Waals surface area contributed by atoms with Crippen LogP contribution in [0.25, 0.3) is 0 Å². The summed E-state index contributed by atoms with van der Waals surface area (Å²) in [6.07, 6.45) is 0. The van der Waals surface area contributed by atoms with Crippen LogP contribution in [-0.4, -0.2) is 30.2 Å². The van der Waals surface area contributed by atoms with Gasteiger partial charge in [-0.15, -0.1) is 0 Å². The van der Waals surface area contributed by atoms with Crippen molar-refractivity contribution < 1.29 is 9.84 Å². The summed E-state index contributed by atoms with van der Waals surface area (Å²) in [5.74, 6) is 1.21. The molecule has 0 bridgehead atoms. The first-order valence-electron chi connectivity index (χ1n) is 8.77. The average Bonchev–Trinajstić information content (AvgIpc) is 2.61. The first kappa shape index (κ1) is 18.4. The molecule has 3 atom stereocenters. The molecule has 1 saturated heterocycles. The molecule has 1 fully saturated rings. The Balaban J connectivity index is 1.73. The van der Waals surface area contributed by atoms with E-state index in [2.05, 4.69) is 46.8 Å². The number of hydrogen-bond donors (Lipinski definition) is 1. The second-order valence-corrected chi connectivity index (χ2v) is 8.09. The van der Waals surface area contributed by atoms with E-state index in [9.17, 15) is 5.11 Å². The highest BCUT2D eigenvalue weighted by Crippen LogP contribution is 2.41. The van der Waals surface area contributed by atoms with Gasteiger partial charge in [-0.25, -0.2) is 0 Å². The minimum atomic E-state index is -0.781. The Labute approximate surface area is 158 Å². The van der Waals surface area contributed by atoms with Crippen LogP contribution in [0.2, 0.25) is 0 Å². The van der Waals surface area contributed by atoms with Gasteiger partial charge in [0.15, 0.2) is 0 Å². The normalized spacial score (nSPS) is 27.2. The zero-order valence-corrected chi connectivity index (χ0v) is 16.7. The Morgan fingerprint density at radius 1 is 1.04 bits per heavy atom. The summed E-state index contributed by atoms with van der Waals surface area (Å²) in [6.45, 7) is 6.96. The molecule has 25 heavy (non-hydrogen) atoms. The third-order valence-corrected chi connectivity index (χ3v) is 5.97. The van der Waals surface area contributed by atoms with Crippen molar-refractivity contribution in [3.05, 3.63) is 64.1 Å². The first-order valence-corrected chi connectivity index (χ1v) is 9.56. The quantitative estimate of drug-likeness (QED) is 0.818. The summed E-state index contributed by atoms with van der Waals surface area (Å²) in [7, 11) is 1.69. The lowest BCUT2D eigenvalue weighted by Crippen LogP contribution is -2.54. The number of rotatable bonds is 4. The fourth-order valence-electron chi connectivity index (χ4n) is 4.02. The molecule has 1 aliphatic rings. The maximum Gasteiger partial charge on any atom is 0.118 e. The number of hydrogen-bond acceptors (Lipinski definition) is 3. The minimum Gasteiger partial charge on any atom is -0.497 e. The van der Waals surface area contributed by atoms with Crippen molar-refractivity contribution in [2.24, 2.45) is 11.8 Å². The molecule has 2 aromatic carbocycles. The molecule has 3 rings (SSSR count). The van der Waals surface area contributed by atoms with Gasteiger partial charge in [-0.3, -0.25) is 4.90 Å². The molecule has 1 N–H and O–H groups in total. The van der Waals surface area contributed by atoms with Crippen LogP contribution in [-0.2, 0) is 12.1 Å². The first-order chi connectivity index (χ1) is 11.9. The van der Waals surface area contributed by atoms with E-state index in [1.54, 1.807) is 7.11 Å². The smallest absolute Gasteiger partial charge is 0.118 e. The molecule has 0 spiro atoms. The van der Waals surface area contributed by atoms with Gasteiger partial charge < -0.3 is 9.84 Å². The molecule has 1 heterocycles. The largest absolute Gasteiger partial charge is 0.497 e. The fourth-order valence-corrected chi connectivity index (χ4v) is 4.28. The lowest BCUT2D eigenvalue weighted by atomic mass is 9.71. The number of likely N-dealkylation sites (tertiary alicyclic amines) is 1. The lowest BCUT2D eigenvalue weighted by Gasteiger charge is -2.48. The van der Waals surface area contributed by atoms with Crippen LogP contribution < -0.4 is 4.74 Å². The Morgan fingerprint density at radius 2 is 1.60 bits per heavy atom. The van der Waals surface area contributed by atoms with Crippen LogP contribution in [0.5, 0.6) is 5.75 Å². The number of methoxy groups -OCH3 is 1. The zero-order chi connectivity index (χ0) is 18.0. The molecule has 3 nitrogen and oxygen atoms in total. The van der Waals surface area contributed by atoms with Crippen molar-refractivity contribution in [3.8, 4) is 5.75 Å². The Morgan fingerprint density at radius 3 is 2.12 bits per heavy atom. The number of nitrogens with zero attached hydrogens (tertiary/aromatic N) is 1. The third-order valence-electron chi connectivity index (χ3n) is 5.44.